The lowest BCUT2D eigenvalue weighted by Gasteiger charge is -2.41. The minimum Gasteiger partial charge on any atom is -0.330 e. The van der Waals surface area contributed by atoms with Crippen LogP contribution in [-0.2, 0) is 0 Å². The van der Waals surface area contributed by atoms with Crippen LogP contribution in [0.25, 0.3) is 0 Å². The van der Waals surface area contributed by atoms with Gasteiger partial charge in [-0.2, -0.15) is 0 Å². The molecule has 2 N–H and O–H groups in total. The van der Waals surface area contributed by atoms with Gasteiger partial charge in [0.15, 0.2) is 0 Å². The second kappa shape index (κ2) is 6.88. The van der Waals surface area contributed by atoms with E-state index in [2.05, 4.69) is 16.7 Å². The third-order valence-corrected chi connectivity index (χ3v) is 5.07. The second-order valence-corrected chi connectivity index (χ2v) is 6.33. The summed E-state index contributed by atoms with van der Waals surface area (Å²) < 4.78 is 0. The summed E-state index contributed by atoms with van der Waals surface area (Å²) in [6.07, 6.45) is 8.35. The Labute approximate surface area is 113 Å². The van der Waals surface area contributed by atoms with Gasteiger partial charge in [0.05, 0.1) is 0 Å². The fraction of sp³-hybridized carbons (Fsp3) is 1.00. The maximum Gasteiger partial charge on any atom is 0.0110 e. The maximum atomic E-state index is 6.14. The molecule has 18 heavy (non-hydrogen) atoms. The highest BCUT2D eigenvalue weighted by atomic mass is 15.3. The zero-order chi connectivity index (χ0) is 12.8. The molecule has 1 saturated carbocycles. The van der Waals surface area contributed by atoms with Gasteiger partial charge in [-0.05, 0) is 31.3 Å². The average molecular weight is 253 g/mol. The van der Waals surface area contributed by atoms with Crippen molar-refractivity contribution in [2.45, 2.75) is 45.4 Å². The van der Waals surface area contributed by atoms with Gasteiger partial charge in [-0.15, -0.1) is 0 Å². The van der Waals surface area contributed by atoms with Gasteiger partial charge in [-0.3, -0.25) is 0 Å². The molecule has 0 amide bonds. The van der Waals surface area contributed by atoms with Crippen LogP contribution in [0.5, 0.6) is 0 Å². The number of nitrogens with zero attached hydrogens (tertiary/aromatic N) is 2. The number of nitrogens with two attached hydrogens (primary N) is 1. The fourth-order valence-electron chi connectivity index (χ4n) is 3.64. The minimum absolute atomic E-state index is 0.435. The third kappa shape index (κ3) is 3.69. The molecule has 0 aromatic carbocycles. The summed E-state index contributed by atoms with van der Waals surface area (Å²) in [5, 5.41) is 0. The molecule has 1 aliphatic heterocycles. The van der Waals surface area contributed by atoms with E-state index in [9.17, 15) is 0 Å². The maximum absolute atomic E-state index is 6.14. The largest absolute Gasteiger partial charge is 0.330 e. The lowest BCUT2D eigenvalue weighted by molar-refractivity contribution is 0.0812. The Morgan fingerprint density at radius 1 is 0.889 bits per heavy atom. The number of hydrogen-bond donors (Lipinski definition) is 1. The Kier molecular flexibility index (Phi) is 5.46. The summed E-state index contributed by atoms with van der Waals surface area (Å²) in [5.41, 5.74) is 6.58. The Bertz CT molecular complexity index is 226. The van der Waals surface area contributed by atoms with Gasteiger partial charge in [0.25, 0.3) is 0 Å². The summed E-state index contributed by atoms with van der Waals surface area (Å²) >= 11 is 0. The Morgan fingerprint density at radius 3 is 1.94 bits per heavy atom. The van der Waals surface area contributed by atoms with Crippen LogP contribution in [0.3, 0.4) is 0 Å². The van der Waals surface area contributed by atoms with Gasteiger partial charge in [0.1, 0.15) is 0 Å². The highest BCUT2D eigenvalue weighted by Crippen LogP contribution is 2.35. The first-order chi connectivity index (χ1) is 8.78. The molecule has 2 fully saturated rings. The molecule has 2 aliphatic rings. The van der Waals surface area contributed by atoms with Gasteiger partial charge in [-0.1, -0.05) is 32.6 Å². The zero-order valence-corrected chi connectivity index (χ0v) is 12.2. The normalized spacial score (nSPS) is 27.0. The molecular formula is C15H31N3. The average Bonchev–Trinajstić information content (AvgIpc) is 2.66. The summed E-state index contributed by atoms with van der Waals surface area (Å²) in [6.45, 7) is 10.6. The first kappa shape index (κ1) is 14.3. The lowest BCUT2D eigenvalue weighted by Crippen LogP contribution is -2.51. The molecular weight excluding hydrogens is 222 g/mol. The van der Waals surface area contributed by atoms with Gasteiger partial charge >= 0.3 is 0 Å². The van der Waals surface area contributed by atoms with Crippen molar-refractivity contribution in [2.75, 3.05) is 45.8 Å². The summed E-state index contributed by atoms with van der Waals surface area (Å²) in [6, 6.07) is 0. The molecule has 106 valence electrons. The van der Waals surface area contributed by atoms with E-state index in [4.69, 9.17) is 5.73 Å². The van der Waals surface area contributed by atoms with Gasteiger partial charge in [-0.25, -0.2) is 0 Å². The fourth-order valence-corrected chi connectivity index (χ4v) is 3.64. The molecule has 0 aromatic heterocycles. The molecule has 0 radical (unpaired) electrons. The molecule has 1 saturated heterocycles. The van der Waals surface area contributed by atoms with Crippen LogP contribution in [0.1, 0.15) is 45.4 Å². The topological polar surface area (TPSA) is 32.5 Å². The van der Waals surface area contributed by atoms with Crippen molar-refractivity contribution in [3.63, 3.8) is 0 Å². The molecule has 0 aromatic rings. The third-order valence-electron chi connectivity index (χ3n) is 5.07. The number of piperazine rings is 1. The SMILES string of the molecule is CCN1CCN(CC2(CN)CCCCCC2)CC1. The molecule has 0 unspecified atom stereocenters. The molecule has 2 rings (SSSR count). The first-order valence-corrected chi connectivity index (χ1v) is 7.93. The Hall–Kier alpha value is -0.120. The van der Waals surface area contributed by atoms with Crippen LogP contribution in [0.15, 0.2) is 0 Å². The quantitative estimate of drug-likeness (QED) is 0.777. The summed E-state index contributed by atoms with van der Waals surface area (Å²) in [7, 11) is 0. The number of hydrogen-bond acceptors (Lipinski definition) is 3. The summed E-state index contributed by atoms with van der Waals surface area (Å²) in [4.78, 5) is 5.23. The lowest BCUT2D eigenvalue weighted by atomic mass is 9.79. The van der Waals surface area contributed by atoms with Gasteiger partial charge in [0, 0.05) is 32.7 Å². The standard InChI is InChI=1S/C15H31N3/c1-2-17-9-11-18(12-10-17)14-15(13-16)7-5-3-4-6-8-15/h2-14,16H2,1H3. The monoisotopic (exact) mass is 253 g/mol. The summed E-state index contributed by atoms with van der Waals surface area (Å²) in [5.74, 6) is 0. The van der Waals surface area contributed by atoms with Crippen LogP contribution in [0.4, 0.5) is 0 Å². The highest BCUT2D eigenvalue weighted by molar-refractivity contribution is 4.87. The molecule has 1 aliphatic carbocycles. The van der Waals surface area contributed by atoms with Crippen molar-refractivity contribution in [3.05, 3.63) is 0 Å². The van der Waals surface area contributed by atoms with Crippen LogP contribution in [-0.4, -0.2) is 55.6 Å². The van der Waals surface area contributed by atoms with Gasteiger partial charge in [0.2, 0.25) is 0 Å². The minimum atomic E-state index is 0.435. The first-order valence-electron chi connectivity index (χ1n) is 7.93. The van der Waals surface area contributed by atoms with E-state index in [0.717, 1.165) is 6.54 Å². The van der Waals surface area contributed by atoms with Crippen molar-refractivity contribution in [3.8, 4) is 0 Å². The molecule has 1 heterocycles. The second-order valence-electron chi connectivity index (χ2n) is 6.33. The molecule has 3 heteroatoms. The predicted molar refractivity (Wildman–Crippen MR) is 77.7 cm³/mol. The van der Waals surface area contributed by atoms with E-state index in [1.807, 2.05) is 0 Å². The van der Waals surface area contributed by atoms with Crippen molar-refractivity contribution >= 4 is 0 Å². The number of rotatable bonds is 4. The van der Waals surface area contributed by atoms with Crippen molar-refractivity contribution in [1.82, 2.24) is 9.80 Å². The van der Waals surface area contributed by atoms with E-state index < -0.39 is 0 Å². The predicted octanol–water partition coefficient (Wildman–Crippen LogP) is 1.92. The van der Waals surface area contributed by atoms with Crippen LogP contribution < -0.4 is 5.73 Å². The van der Waals surface area contributed by atoms with E-state index in [1.165, 1.54) is 77.8 Å². The Morgan fingerprint density at radius 2 is 1.44 bits per heavy atom. The molecule has 0 spiro atoms. The van der Waals surface area contributed by atoms with E-state index in [1.54, 1.807) is 0 Å². The van der Waals surface area contributed by atoms with Gasteiger partial charge < -0.3 is 15.5 Å². The molecule has 0 atom stereocenters. The zero-order valence-electron chi connectivity index (χ0n) is 12.2. The van der Waals surface area contributed by atoms with Crippen molar-refractivity contribution in [1.29, 1.82) is 0 Å². The highest BCUT2D eigenvalue weighted by Gasteiger charge is 2.32. The van der Waals surface area contributed by atoms with E-state index in [-0.39, 0.29) is 0 Å². The van der Waals surface area contributed by atoms with Crippen molar-refractivity contribution in [2.24, 2.45) is 11.1 Å². The van der Waals surface area contributed by atoms with Crippen LogP contribution in [0.2, 0.25) is 0 Å². The molecule has 3 nitrogen and oxygen atoms in total. The molecule has 0 bridgehead atoms. The smallest absolute Gasteiger partial charge is 0.0110 e. The van der Waals surface area contributed by atoms with Crippen molar-refractivity contribution < 1.29 is 0 Å². The number of likely N-dealkylation sites (N-methyl/N-ethyl adjacent to an activating group) is 1. The van der Waals surface area contributed by atoms with E-state index >= 15 is 0 Å². The Balaban J connectivity index is 1.85. The van der Waals surface area contributed by atoms with Crippen LogP contribution >= 0.6 is 0 Å². The van der Waals surface area contributed by atoms with Crippen LogP contribution in [0, 0.1) is 5.41 Å². The van der Waals surface area contributed by atoms with E-state index in [0.29, 0.717) is 5.41 Å².